The lowest BCUT2D eigenvalue weighted by Gasteiger charge is -2.34. The summed E-state index contributed by atoms with van der Waals surface area (Å²) in [7, 11) is 2.87. The fraction of sp³-hybridized carbons (Fsp3) is 0.567. The molecule has 2 aliphatic heterocycles. The largest absolute Gasteiger partial charge is 0.497 e. The first-order valence-electron chi connectivity index (χ1n) is 14.1. The van der Waals surface area contributed by atoms with Gasteiger partial charge in [0.15, 0.2) is 0 Å². The Kier molecular flexibility index (Phi) is 8.06. The van der Waals surface area contributed by atoms with Crippen LogP contribution in [0, 0.1) is 11.3 Å². The van der Waals surface area contributed by atoms with Crippen molar-refractivity contribution < 1.29 is 33.3 Å². The number of esters is 1. The summed E-state index contributed by atoms with van der Waals surface area (Å²) in [6, 6.07) is 3.65. The summed E-state index contributed by atoms with van der Waals surface area (Å²) in [5, 5.41) is 2.78. The number of benzene rings is 1. The number of aromatic nitrogens is 2. The van der Waals surface area contributed by atoms with Gasteiger partial charge in [-0.05, 0) is 55.2 Å². The maximum absolute atomic E-state index is 13.9. The van der Waals surface area contributed by atoms with E-state index in [1.807, 2.05) is 45.1 Å². The molecule has 5 atom stereocenters. The SMILES string of the molecule is COC(=O)[C@@H]1C[C@@H]2CN1C(=O)[C@H](C(C)(C)C)NC(=O)O[C@@H]1C[C@H]1CCC/C=C/c1nc3ccc(OC)cc3nc1O2. The third kappa shape index (κ3) is 6.39. The Morgan fingerprint density at radius 2 is 1.90 bits per heavy atom. The van der Waals surface area contributed by atoms with Crippen LogP contribution in [0.2, 0.25) is 0 Å². The first-order chi connectivity index (χ1) is 19.6. The van der Waals surface area contributed by atoms with E-state index in [-0.39, 0.29) is 19.1 Å². The maximum atomic E-state index is 13.9. The van der Waals surface area contributed by atoms with Crippen molar-refractivity contribution in [3.8, 4) is 11.6 Å². The number of ether oxygens (including phenoxy) is 4. The number of nitrogens with one attached hydrogen (secondary N) is 1. The Labute approximate surface area is 239 Å². The molecular formula is C30H38N4O7. The van der Waals surface area contributed by atoms with Crippen molar-refractivity contribution in [3.63, 3.8) is 0 Å². The number of fused-ring (bicyclic) bond motifs is 5. The zero-order valence-electron chi connectivity index (χ0n) is 24.2. The number of methoxy groups -OCH3 is 2. The number of hydrogen-bond acceptors (Lipinski definition) is 9. The van der Waals surface area contributed by atoms with Crippen molar-refractivity contribution in [1.82, 2.24) is 20.2 Å². The molecular weight excluding hydrogens is 528 g/mol. The summed E-state index contributed by atoms with van der Waals surface area (Å²) in [6.45, 7) is 5.68. The molecule has 0 radical (unpaired) electrons. The van der Waals surface area contributed by atoms with Gasteiger partial charge in [-0.1, -0.05) is 26.8 Å². The predicted molar refractivity (Wildman–Crippen MR) is 150 cm³/mol. The van der Waals surface area contributed by atoms with Crippen LogP contribution in [0.5, 0.6) is 11.6 Å². The number of alkyl carbamates (subject to hydrolysis) is 1. The Bertz CT molecular complexity index is 1350. The average Bonchev–Trinajstić information content (AvgIpc) is 3.53. The third-order valence-electron chi connectivity index (χ3n) is 7.87. The van der Waals surface area contributed by atoms with Crippen molar-refractivity contribution in [2.75, 3.05) is 20.8 Å². The molecule has 2 amide bonds. The highest BCUT2D eigenvalue weighted by molar-refractivity contribution is 5.91. The van der Waals surface area contributed by atoms with Gasteiger partial charge < -0.3 is 29.2 Å². The molecule has 2 bridgehead atoms. The molecule has 1 saturated heterocycles. The molecule has 41 heavy (non-hydrogen) atoms. The third-order valence-corrected chi connectivity index (χ3v) is 7.87. The summed E-state index contributed by atoms with van der Waals surface area (Å²) >= 11 is 0. The van der Waals surface area contributed by atoms with E-state index in [4.69, 9.17) is 28.9 Å². The molecule has 1 N–H and O–H groups in total. The Morgan fingerprint density at radius 3 is 2.63 bits per heavy atom. The maximum Gasteiger partial charge on any atom is 0.408 e. The second-order valence-corrected chi connectivity index (χ2v) is 12.0. The molecule has 3 heterocycles. The van der Waals surface area contributed by atoms with Crippen LogP contribution in [0.3, 0.4) is 0 Å². The number of carbonyl (C=O) groups is 3. The number of carbonyl (C=O) groups excluding carboxylic acids is 3. The molecule has 220 valence electrons. The smallest absolute Gasteiger partial charge is 0.408 e. The molecule has 5 rings (SSSR count). The van der Waals surface area contributed by atoms with E-state index in [0.717, 1.165) is 25.7 Å². The number of hydrogen-bond donors (Lipinski definition) is 1. The zero-order valence-corrected chi connectivity index (χ0v) is 24.2. The van der Waals surface area contributed by atoms with Gasteiger partial charge in [0.1, 0.15) is 35.7 Å². The highest BCUT2D eigenvalue weighted by atomic mass is 16.6. The second kappa shape index (κ2) is 11.5. The van der Waals surface area contributed by atoms with E-state index in [0.29, 0.717) is 34.3 Å². The van der Waals surface area contributed by atoms with Gasteiger partial charge in [-0.2, -0.15) is 0 Å². The minimum atomic E-state index is -0.927. The summed E-state index contributed by atoms with van der Waals surface area (Å²) < 4.78 is 22.4. The van der Waals surface area contributed by atoms with E-state index < -0.39 is 41.6 Å². The molecule has 0 spiro atoms. The van der Waals surface area contributed by atoms with E-state index in [9.17, 15) is 14.4 Å². The molecule has 2 aromatic rings. The van der Waals surface area contributed by atoms with E-state index in [2.05, 4.69) is 5.32 Å². The van der Waals surface area contributed by atoms with Crippen LogP contribution in [0.4, 0.5) is 4.79 Å². The Morgan fingerprint density at radius 1 is 1.10 bits per heavy atom. The van der Waals surface area contributed by atoms with Crippen LogP contribution >= 0.6 is 0 Å². The van der Waals surface area contributed by atoms with Crippen molar-refractivity contribution in [2.24, 2.45) is 11.3 Å². The lowest BCUT2D eigenvalue weighted by molar-refractivity contribution is -0.152. The van der Waals surface area contributed by atoms with Crippen LogP contribution in [-0.4, -0.2) is 77.9 Å². The van der Waals surface area contributed by atoms with Gasteiger partial charge in [-0.25, -0.2) is 19.6 Å². The highest BCUT2D eigenvalue weighted by Crippen LogP contribution is 2.38. The van der Waals surface area contributed by atoms with E-state index in [1.54, 1.807) is 13.2 Å². The van der Waals surface area contributed by atoms with Gasteiger partial charge in [0.2, 0.25) is 11.8 Å². The van der Waals surface area contributed by atoms with Gasteiger partial charge in [0.25, 0.3) is 0 Å². The summed E-state index contributed by atoms with van der Waals surface area (Å²) in [4.78, 5) is 50.6. The van der Waals surface area contributed by atoms with Crippen molar-refractivity contribution in [3.05, 3.63) is 30.0 Å². The van der Waals surface area contributed by atoms with Crippen LogP contribution in [0.15, 0.2) is 24.3 Å². The minimum absolute atomic E-state index is 0.105. The molecule has 11 heteroatoms. The Balaban J connectivity index is 1.51. The lowest BCUT2D eigenvalue weighted by atomic mass is 9.85. The molecule has 1 aliphatic carbocycles. The number of nitrogens with zero attached hydrogens (tertiary/aromatic N) is 3. The molecule has 1 aromatic heterocycles. The van der Waals surface area contributed by atoms with Crippen LogP contribution in [0.25, 0.3) is 17.1 Å². The monoisotopic (exact) mass is 566 g/mol. The van der Waals surface area contributed by atoms with Crippen LogP contribution < -0.4 is 14.8 Å². The van der Waals surface area contributed by atoms with Crippen molar-refractivity contribution >= 4 is 35.1 Å². The molecule has 1 saturated carbocycles. The summed E-state index contributed by atoms with van der Waals surface area (Å²) in [6.07, 6.45) is 6.27. The zero-order chi connectivity index (χ0) is 29.3. The standard InChI is InChI=1S/C30H38N4O7/c1-30(2,3)25-27(35)34-16-19(15-23(34)28(36)39-5)40-26-21(31-20-12-11-18(38-4)14-22(20)32-26)10-8-6-7-9-17-13-24(17)41-29(37)33-25/h8,10-12,14,17,19,23-25H,6-7,9,13,15-16H2,1-5H3,(H,33,37)/b10-8+/t17-,19-,23+,24-,25-/m1/s1. The second-order valence-electron chi connectivity index (χ2n) is 12.0. The van der Waals surface area contributed by atoms with Crippen molar-refractivity contribution in [2.45, 2.75) is 77.2 Å². The number of allylic oxidation sites excluding steroid dienone is 1. The first-order valence-corrected chi connectivity index (χ1v) is 14.1. The van der Waals surface area contributed by atoms with Crippen LogP contribution in [0.1, 0.15) is 58.6 Å². The summed E-state index contributed by atoms with van der Waals surface area (Å²) in [5.41, 5.74) is 1.21. The number of rotatable bonds is 2. The lowest BCUT2D eigenvalue weighted by Crippen LogP contribution is -2.57. The van der Waals surface area contributed by atoms with E-state index >= 15 is 0 Å². The molecule has 11 nitrogen and oxygen atoms in total. The van der Waals surface area contributed by atoms with Gasteiger partial charge in [-0.15, -0.1) is 0 Å². The van der Waals surface area contributed by atoms with Gasteiger partial charge in [-0.3, -0.25) is 4.79 Å². The molecule has 0 unspecified atom stereocenters. The number of amides is 2. The Hall–Kier alpha value is -3.89. The quantitative estimate of drug-likeness (QED) is 0.538. The summed E-state index contributed by atoms with van der Waals surface area (Å²) in [5.74, 6) is 0.291. The first kappa shape index (κ1) is 28.6. The average molecular weight is 567 g/mol. The van der Waals surface area contributed by atoms with Crippen molar-refractivity contribution in [1.29, 1.82) is 0 Å². The fourth-order valence-electron chi connectivity index (χ4n) is 5.46. The molecule has 2 fully saturated rings. The van der Waals surface area contributed by atoms with E-state index in [1.165, 1.54) is 12.0 Å². The molecule has 1 aromatic carbocycles. The normalized spacial score (nSPS) is 27.7. The van der Waals surface area contributed by atoms with Gasteiger partial charge >= 0.3 is 12.1 Å². The predicted octanol–water partition coefficient (Wildman–Crippen LogP) is 3.89. The molecule has 3 aliphatic rings. The minimum Gasteiger partial charge on any atom is -0.497 e. The van der Waals surface area contributed by atoms with Crippen LogP contribution in [-0.2, 0) is 19.1 Å². The topological polar surface area (TPSA) is 129 Å². The fourth-order valence-corrected chi connectivity index (χ4v) is 5.46. The van der Waals surface area contributed by atoms with Gasteiger partial charge in [0.05, 0.1) is 31.8 Å². The highest BCUT2D eigenvalue weighted by Gasteiger charge is 2.47. The van der Waals surface area contributed by atoms with Gasteiger partial charge in [0, 0.05) is 12.5 Å².